The van der Waals surface area contributed by atoms with E-state index >= 15 is 0 Å². The van der Waals surface area contributed by atoms with E-state index in [9.17, 15) is 13.2 Å². The largest absolute Gasteiger partial charge is 0.293 e. The summed E-state index contributed by atoms with van der Waals surface area (Å²) in [6.07, 6.45) is 3.64. The number of allylic oxidation sites excluding steroid dienone is 1. The molecule has 0 amide bonds. The van der Waals surface area contributed by atoms with Crippen molar-refractivity contribution in [2.75, 3.05) is 13.1 Å². The van der Waals surface area contributed by atoms with Crippen LogP contribution in [0.1, 0.15) is 30.9 Å². The minimum atomic E-state index is -3.63. The zero-order chi connectivity index (χ0) is 20.6. The van der Waals surface area contributed by atoms with Crippen LogP contribution in [-0.2, 0) is 14.8 Å². The van der Waals surface area contributed by atoms with Gasteiger partial charge in [-0.3, -0.25) is 4.79 Å². The van der Waals surface area contributed by atoms with Crippen LogP contribution in [0.5, 0.6) is 0 Å². The third-order valence-electron chi connectivity index (χ3n) is 5.74. The molecule has 2 aromatic carbocycles. The summed E-state index contributed by atoms with van der Waals surface area (Å²) in [5.74, 6) is -0.0386. The fourth-order valence-electron chi connectivity index (χ4n) is 4.23. The van der Waals surface area contributed by atoms with Crippen molar-refractivity contribution in [2.24, 2.45) is 5.92 Å². The fourth-order valence-corrected chi connectivity index (χ4v) is 5.58. The maximum absolute atomic E-state index is 13.3. The molecule has 0 N–H and O–H groups in total. The quantitative estimate of drug-likeness (QED) is 0.739. The lowest BCUT2D eigenvalue weighted by molar-refractivity contribution is -0.115. The van der Waals surface area contributed by atoms with Gasteiger partial charge in [0.15, 0.2) is 5.78 Å². The number of rotatable bonds is 5. The van der Waals surface area contributed by atoms with Crippen molar-refractivity contribution in [3.8, 4) is 0 Å². The number of fused-ring (bicyclic) bond motifs is 1. The third kappa shape index (κ3) is 3.49. The molecule has 150 valence electrons. The Hall–Kier alpha value is -2.50. The molecule has 0 fully saturated rings. The molecule has 0 bridgehead atoms. The van der Waals surface area contributed by atoms with Crippen LogP contribution >= 0.6 is 0 Å². The van der Waals surface area contributed by atoms with Crippen molar-refractivity contribution in [1.82, 2.24) is 4.31 Å². The summed E-state index contributed by atoms with van der Waals surface area (Å²) >= 11 is 0. The van der Waals surface area contributed by atoms with Crippen molar-refractivity contribution >= 4 is 21.4 Å². The summed E-state index contributed by atoms with van der Waals surface area (Å²) in [7, 11) is -3.63. The molecule has 1 atom stereocenters. The molecule has 29 heavy (non-hydrogen) atoms. The average Bonchev–Trinajstić information content (AvgIpc) is 3.00. The smallest absolute Gasteiger partial charge is 0.243 e. The van der Waals surface area contributed by atoms with Gasteiger partial charge in [-0.25, -0.2) is 8.42 Å². The number of carbonyl (C=O) groups excluding carboxylic acids is 1. The first kappa shape index (κ1) is 19.8. The normalized spacial score (nSPS) is 20.0. The van der Waals surface area contributed by atoms with Gasteiger partial charge in [0.25, 0.3) is 0 Å². The van der Waals surface area contributed by atoms with Crippen LogP contribution in [0.4, 0.5) is 0 Å². The van der Waals surface area contributed by atoms with Crippen LogP contribution in [0.2, 0.25) is 0 Å². The number of benzene rings is 2. The van der Waals surface area contributed by atoms with Gasteiger partial charge >= 0.3 is 0 Å². The highest BCUT2D eigenvalue weighted by molar-refractivity contribution is 7.89. The summed E-state index contributed by atoms with van der Waals surface area (Å²) in [4.78, 5) is 13.5. The van der Waals surface area contributed by atoms with Crippen molar-refractivity contribution in [3.05, 3.63) is 82.9 Å². The highest BCUT2D eigenvalue weighted by Gasteiger charge is 2.41. The number of Topliss-reactive ketones (excluding diaryl/α,β-unsaturated/α-hetero) is 1. The minimum absolute atomic E-state index is 0.119. The summed E-state index contributed by atoms with van der Waals surface area (Å²) in [6, 6.07) is 16.5. The van der Waals surface area contributed by atoms with Crippen LogP contribution in [0.15, 0.2) is 76.7 Å². The van der Waals surface area contributed by atoms with E-state index < -0.39 is 10.0 Å². The van der Waals surface area contributed by atoms with Crippen LogP contribution in [0.3, 0.4) is 0 Å². The van der Waals surface area contributed by atoms with E-state index in [0.717, 1.165) is 35.1 Å². The molecule has 1 aliphatic heterocycles. The van der Waals surface area contributed by atoms with Gasteiger partial charge in [0, 0.05) is 24.6 Å². The second kappa shape index (κ2) is 7.73. The Labute approximate surface area is 172 Å². The van der Waals surface area contributed by atoms with Crippen LogP contribution < -0.4 is 0 Å². The number of nitrogens with zero attached hydrogens (tertiary/aromatic N) is 1. The zero-order valence-electron chi connectivity index (χ0n) is 16.8. The Kier molecular flexibility index (Phi) is 5.28. The Balaban J connectivity index is 1.78. The number of sulfonamides is 1. The Morgan fingerprint density at radius 3 is 2.38 bits per heavy atom. The maximum Gasteiger partial charge on any atom is 0.243 e. The molecular formula is C24H25NO3S. The SMILES string of the molecule is CCC[C@H]1C(=O)C(c2ccccc2)=C2CN(S(=O)(=O)c3ccc(C)cc3)CC=C21. The van der Waals surface area contributed by atoms with E-state index in [2.05, 4.69) is 6.92 Å². The second-order valence-electron chi connectivity index (χ2n) is 7.70. The van der Waals surface area contributed by atoms with Crippen molar-refractivity contribution in [1.29, 1.82) is 0 Å². The number of carbonyl (C=O) groups is 1. The molecule has 1 heterocycles. The molecule has 0 saturated heterocycles. The Morgan fingerprint density at radius 2 is 1.72 bits per heavy atom. The standard InChI is InChI=1S/C24H25NO3S/c1-3-7-21-20-14-15-25(29(27,28)19-12-10-17(2)11-13-19)16-22(20)23(24(21)26)18-8-5-4-6-9-18/h4-6,8-14,21H,3,7,15-16H2,1-2H3/t21-/m1/s1. The lowest BCUT2D eigenvalue weighted by Gasteiger charge is -2.28. The van der Waals surface area contributed by atoms with Gasteiger partial charge in [0.1, 0.15) is 0 Å². The van der Waals surface area contributed by atoms with E-state index in [1.165, 1.54) is 4.31 Å². The number of aryl methyl sites for hydroxylation is 1. The van der Waals surface area contributed by atoms with E-state index in [0.29, 0.717) is 12.1 Å². The molecule has 5 heteroatoms. The van der Waals surface area contributed by atoms with Crippen LogP contribution in [-0.4, -0.2) is 31.6 Å². The fraction of sp³-hybridized carbons (Fsp3) is 0.292. The van der Waals surface area contributed by atoms with E-state index in [1.807, 2.05) is 55.5 Å². The first-order valence-corrected chi connectivity index (χ1v) is 11.5. The van der Waals surface area contributed by atoms with Crippen molar-refractivity contribution in [2.45, 2.75) is 31.6 Å². The van der Waals surface area contributed by atoms with Gasteiger partial charge in [-0.2, -0.15) is 4.31 Å². The number of hydrogen-bond acceptors (Lipinski definition) is 3. The molecule has 4 rings (SSSR count). The van der Waals surface area contributed by atoms with Gasteiger partial charge in [-0.05, 0) is 42.2 Å². The molecule has 0 spiro atoms. The molecule has 0 saturated carbocycles. The van der Waals surface area contributed by atoms with Gasteiger partial charge in [-0.15, -0.1) is 0 Å². The van der Waals surface area contributed by atoms with Crippen LogP contribution in [0.25, 0.3) is 5.57 Å². The third-order valence-corrected chi connectivity index (χ3v) is 7.56. The summed E-state index contributed by atoms with van der Waals surface area (Å²) in [5, 5.41) is 0. The zero-order valence-corrected chi connectivity index (χ0v) is 17.6. The van der Waals surface area contributed by atoms with E-state index in [1.54, 1.807) is 12.1 Å². The molecule has 4 nitrogen and oxygen atoms in total. The molecule has 2 aromatic rings. The lowest BCUT2D eigenvalue weighted by atomic mass is 9.91. The highest BCUT2D eigenvalue weighted by Crippen LogP contribution is 2.43. The van der Waals surface area contributed by atoms with Crippen LogP contribution in [0, 0.1) is 12.8 Å². The molecule has 0 aromatic heterocycles. The molecule has 0 unspecified atom stereocenters. The first-order chi connectivity index (χ1) is 13.9. The van der Waals surface area contributed by atoms with E-state index in [-0.39, 0.29) is 23.1 Å². The molecule has 1 aliphatic carbocycles. The average molecular weight is 408 g/mol. The minimum Gasteiger partial charge on any atom is -0.293 e. The Morgan fingerprint density at radius 1 is 1.03 bits per heavy atom. The predicted octanol–water partition coefficient (Wildman–Crippen LogP) is 4.38. The maximum atomic E-state index is 13.3. The van der Waals surface area contributed by atoms with Crippen molar-refractivity contribution < 1.29 is 13.2 Å². The summed E-state index contributed by atoms with van der Waals surface area (Å²) in [6.45, 7) is 4.54. The lowest BCUT2D eigenvalue weighted by Crippen LogP contribution is -2.36. The first-order valence-electron chi connectivity index (χ1n) is 10.0. The predicted molar refractivity (Wildman–Crippen MR) is 115 cm³/mol. The van der Waals surface area contributed by atoms with Gasteiger partial charge in [0.2, 0.25) is 10.0 Å². The topological polar surface area (TPSA) is 54.5 Å². The number of hydrogen-bond donors (Lipinski definition) is 0. The van der Waals surface area contributed by atoms with E-state index in [4.69, 9.17) is 0 Å². The Bertz CT molecular complexity index is 1100. The van der Waals surface area contributed by atoms with Crippen molar-refractivity contribution in [3.63, 3.8) is 0 Å². The summed E-state index contributed by atoms with van der Waals surface area (Å²) < 4.78 is 27.9. The monoisotopic (exact) mass is 407 g/mol. The second-order valence-corrected chi connectivity index (χ2v) is 9.63. The molecule has 0 radical (unpaired) electrons. The molecular weight excluding hydrogens is 382 g/mol. The van der Waals surface area contributed by atoms with Gasteiger partial charge < -0.3 is 0 Å². The van der Waals surface area contributed by atoms with Gasteiger partial charge in [-0.1, -0.05) is 67.4 Å². The van der Waals surface area contributed by atoms with Gasteiger partial charge in [0.05, 0.1) is 4.90 Å². The number of ketones is 1. The highest BCUT2D eigenvalue weighted by atomic mass is 32.2. The molecule has 2 aliphatic rings. The summed E-state index contributed by atoms with van der Waals surface area (Å²) in [5.41, 5.74) is 4.45.